The number of aryl methyl sites for hydroxylation is 2. The van der Waals surface area contributed by atoms with Crippen molar-refractivity contribution in [3.8, 4) is 0 Å². The molecule has 0 spiro atoms. The van der Waals surface area contributed by atoms with E-state index in [1.807, 2.05) is 17.7 Å². The van der Waals surface area contributed by atoms with E-state index in [2.05, 4.69) is 15.7 Å². The highest BCUT2D eigenvalue weighted by molar-refractivity contribution is 6.31. The van der Waals surface area contributed by atoms with E-state index in [1.54, 1.807) is 18.3 Å². The van der Waals surface area contributed by atoms with Gasteiger partial charge in [-0.05, 0) is 49.4 Å². The number of fused-ring (bicyclic) bond motifs is 1. The zero-order valence-corrected chi connectivity index (χ0v) is 15.1. The van der Waals surface area contributed by atoms with Crippen LogP contribution in [-0.4, -0.2) is 28.1 Å². The molecular weight excluding hydrogens is 340 g/mol. The number of carbonyl (C=O) groups excluding carboxylic acids is 2. The van der Waals surface area contributed by atoms with E-state index < -0.39 is 0 Å². The summed E-state index contributed by atoms with van der Waals surface area (Å²) in [6.45, 7) is 4.79. The molecule has 1 unspecified atom stereocenters. The molecular formula is C18H21ClN4O2. The van der Waals surface area contributed by atoms with Gasteiger partial charge in [0.15, 0.2) is 0 Å². The first kappa shape index (κ1) is 17.5. The lowest BCUT2D eigenvalue weighted by Gasteiger charge is -2.24. The predicted molar refractivity (Wildman–Crippen MR) is 96.9 cm³/mol. The van der Waals surface area contributed by atoms with Crippen molar-refractivity contribution in [2.75, 3.05) is 11.9 Å². The summed E-state index contributed by atoms with van der Waals surface area (Å²) < 4.78 is 1.88. The molecule has 2 heterocycles. The average Bonchev–Trinajstić information content (AvgIpc) is 2.99. The highest BCUT2D eigenvalue weighted by Crippen LogP contribution is 2.24. The molecule has 6 nitrogen and oxygen atoms in total. The summed E-state index contributed by atoms with van der Waals surface area (Å²) in [5.74, 6) is 0.107. The molecule has 3 rings (SSSR count). The van der Waals surface area contributed by atoms with Crippen molar-refractivity contribution >= 4 is 29.1 Å². The Morgan fingerprint density at radius 3 is 2.92 bits per heavy atom. The molecule has 0 saturated carbocycles. The summed E-state index contributed by atoms with van der Waals surface area (Å²) in [4.78, 5) is 23.8. The van der Waals surface area contributed by atoms with Crippen molar-refractivity contribution < 1.29 is 9.59 Å². The Morgan fingerprint density at radius 1 is 1.40 bits per heavy atom. The Morgan fingerprint density at radius 2 is 2.20 bits per heavy atom. The maximum absolute atomic E-state index is 12.6. The van der Waals surface area contributed by atoms with Gasteiger partial charge in [0.1, 0.15) is 0 Å². The van der Waals surface area contributed by atoms with Gasteiger partial charge in [-0.25, -0.2) is 0 Å². The van der Waals surface area contributed by atoms with Crippen LogP contribution in [0.2, 0.25) is 5.02 Å². The normalized spacial score (nSPS) is 16.2. The van der Waals surface area contributed by atoms with E-state index in [-0.39, 0.29) is 11.8 Å². The smallest absolute Gasteiger partial charge is 0.259 e. The van der Waals surface area contributed by atoms with Crippen LogP contribution in [0.1, 0.15) is 35.0 Å². The number of hydrogen-bond donors (Lipinski definition) is 2. The topological polar surface area (TPSA) is 76.0 Å². The molecule has 2 amide bonds. The van der Waals surface area contributed by atoms with Gasteiger partial charge in [0.25, 0.3) is 5.91 Å². The SMILES string of the molecule is CC(=O)NCC1CCn2ncc(C(=O)Nc3ccc(Cl)c(C)c3)c2C1. The number of hydrogen-bond acceptors (Lipinski definition) is 3. The fourth-order valence-corrected chi connectivity index (χ4v) is 3.19. The number of amides is 2. The van der Waals surface area contributed by atoms with Crippen LogP contribution in [-0.2, 0) is 17.8 Å². The molecule has 0 saturated heterocycles. The summed E-state index contributed by atoms with van der Waals surface area (Å²) in [6, 6.07) is 5.39. The van der Waals surface area contributed by atoms with Crippen LogP contribution >= 0.6 is 11.6 Å². The third-order valence-corrected chi connectivity index (χ3v) is 4.90. The molecule has 132 valence electrons. The van der Waals surface area contributed by atoms with Crippen molar-refractivity contribution in [2.24, 2.45) is 5.92 Å². The monoisotopic (exact) mass is 360 g/mol. The highest BCUT2D eigenvalue weighted by atomic mass is 35.5. The van der Waals surface area contributed by atoms with Gasteiger partial charge in [0.05, 0.1) is 17.5 Å². The van der Waals surface area contributed by atoms with Gasteiger partial charge in [-0.2, -0.15) is 5.10 Å². The minimum absolute atomic E-state index is 0.0323. The lowest BCUT2D eigenvalue weighted by atomic mass is 9.94. The van der Waals surface area contributed by atoms with E-state index in [9.17, 15) is 9.59 Å². The van der Waals surface area contributed by atoms with E-state index in [0.717, 1.165) is 30.6 Å². The molecule has 7 heteroatoms. The van der Waals surface area contributed by atoms with E-state index in [4.69, 9.17) is 11.6 Å². The second-order valence-electron chi connectivity index (χ2n) is 6.44. The number of carbonyl (C=O) groups is 2. The van der Waals surface area contributed by atoms with E-state index in [0.29, 0.717) is 28.7 Å². The number of anilines is 1. The van der Waals surface area contributed by atoms with Gasteiger partial charge in [-0.15, -0.1) is 0 Å². The number of aromatic nitrogens is 2. The minimum atomic E-state index is -0.178. The van der Waals surface area contributed by atoms with Gasteiger partial charge in [0, 0.05) is 30.7 Å². The number of benzene rings is 1. The molecule has 25 heavy (non-hydrogen) atoms. The molecule has 1 aromatic heterocycles. The van der Waals surface area contributed by atoms with E-state index in [1.165, 1.54) is 6.92 Å². The first-order valence-corrected chi connectivity index (χ1v) is 8.68. The van der Waals surface area contributed by atoms with Gasteiger partial charge in [0.2, 0.25) is 5.91 Å². The number of nitrogens with zero attached hydrogens (tertiary/aromatic N) is 2. The van der Waals surface area contributed by atoms with E-state index >= 15 is 0 Å². The molecule has 1 aromatic carbocycles. The second kappa shape index (κ2) is 7.27. The first-order valence-electron chi connectivity index (χ1n) is 8.30. The van der Waals surface area contributed by atoms with Crippen LogP contribution in [0.5, 0.6) is 0 Å². The number of nitrogens with one attached hydrogen (secondary N) is 2. The molecule has 1 aliphatic heterocycles. The molecule has 0 aliphatic carbocycles. The van der Waals surface area contributed by atoms with Gasteiger partial charge in [-0.3, -0.25) is 14.3 Å². The van der Waals surface area contributed by atoms with Crippen molar-refractivity contribution in [2.45, 2.75) is 33.2 Å². The Labute approximate surface area is 151 Å². The van der Waals surface area contributed by atoms with Crippen LogP contribution in [0.4, 0.5) is 5.69 Å². The van der Waals surface area contributed by atoms with Crippen LogP contribution in [0.3, 0.4) is 0 Å². The maximum atomic E-state index is 12.6. The quantitative estimate of drug-likeness (QED) is 0.880. The summed E-state index contributed by atoms with van der Waals surface area (Å²) in [5.41, 5.74) is 3.12. The third kappa shape index (κ3) is 4.02. The Kier molecular flexibility index (Phi) is 5.08. The maximum Gasteiger partial charge on any atom is 0.259 e. The summed E-state index contributed by atoms with van der Waals surface area (Å²) in [7, 11) is 0. The molecule has 1 aliphatic rings. The lowest BCUT2D eigenvalue weighted by Crippen LogP contribution is -2.32. The highest BCUT2D eigenvalue weighted by Gasteiger charge is 2.25. The van der Waals surface area contributed by atoms with Crippen molar-refractivity contribution in [1.82, 2.24) is 15.1 Å². The zero-order chi connectivity index (χ0) is 18.0. The lowest BCUT2D eigenvalue weighted by molar-refractivity contribution is -0.119. The summed E-state index contributed by atoms with van der Waals surface area (Å²) in [5, 5.41) is 10.8. The fraction of sp³-hybridized carbons (Fsp3) is 0.389. The average molecular weight is 361 g/mol. The standard InChI is InChI=1S/C18H21ClN4O2/c1-11-7-14(3-4-16(11)19)22-18(25)15-10-21-23-6-5-13(8-17(15)23)9-20-12(2)24/h3-4,7,10,13H,5-6,8-9H2,1-2H3,(H,20,24)(H,22,25). The Hall–Kier alpha value is -2.34. The Balaban J connectivity index is 1.73. The van der Waals surface area contributed by atoms with Gasteiger partial charge in [-0.1, -0.05) is 11.6 Å². The van der Waals surface area contributed by atoms with Gasteiger partial charge < -0.3 is 10.6 Å². The molecule has 1 atom stereocenters. The third-order valence-electron chi connectivity index (χ3n) is 4.48. The summed E-state index contributed by atoms with van der Waals surface area (Å²) in [6.07, 6.45) is 3.28. The van der Waals surface area contributed by atoms with Crippen LogP contribution in [0, 0.1) is 12.8 Å². The first-order chi connectivity index (χ1) is 11.9. The number of halogens is 1. The van der Waals surface area contributed by atoms with Crippen LogP contribution < -0.4 is 10.6 Å². The molecule has 0 fully saturated rings. The van der Waals surface area contributed by atoms with Crippen molar-refractivity contribution in [3.63, 3.8) is 0 Å². The van der Waals surface area contributed by atoms with Gasteiger partial charge >= 0.3 is 0 Å². The zero-order valence-electron chi connectivity index (χ0n) is 14.3. The van der Waals surface area contributed by atoms with Crippen molar-refractivity contribution in [3.05, 3.63) is 46.2 Å². The summed E-state index contributed by atoms with van der Waals surface area (Å²) >= 11 is 6.02. The fourth-order valence-electron chi connectivity index (χ4n) is 3.07. The largest absolute Gasteiger partial charge is 0.356 e. The predicted octanol–water partition coefficient (Wildman–Crippen LogP) is 2.80. The second-order valence-corrected chi connectivity index (χ2v) is 6.85. The van der Waals surface area contributed by atoms with Crippen LogP contribution in [0.25, 0.3) is 0 Å². The van der Waals surface area contributed by atoms with Crippen LogP contribution in [0.15, 0.2) is 24.4 Å². The molecule has 0 bridgehead atoms. The molecule has 2 N–H and O–H groups in total. The minimum Gasteiger partial charge on any atom is -0.356 e. The molecule has 2 aromatic rings. The molecule has 0 radical (unpaired) electrons. The Bertz CT molecular complexity index is 815. The number of rotatable bonds is 4. The van der Waals surface area contributed by atoms with Crippen molar-refractivity contribution in [1.29, 1.82) is 0 Å².